The molecule has 0 aromatic carbocycles. The number of unbranched alkanes of at least 4 members (excludes halogenated alkanes) is 2. The molecule has 1 amide bonds. The minimum absolute atomic E-state index is 0.00723. The monoisotopic (exact) mass is 622 g/mol. The first kappa shape index (κ1) is 38.6. The van der Waals surface area contributed by atoms with Crippen molar-refractivity contribution in [1.29, 1.82) is 0 Å². The second-order valence-corrected chi connectivity index (χ2v) is 9.60. The summed E-state index contributed by atoms with van der Waals surface area (Å²) < 4.78 is 0. The number of carbonyl (C=O) groups excluding carboxylic acids is 1. The minimum Gasteiger partial charge on any atom is -0.480 e. The highest BCUT2D eigenvalue weighted by Gasteiger charge is 2.32. The number of carbonyl (C=O) groups is 8. The molecular formula is C24H38N4O15. The SMILES string of the molecule is O=C(O)CN(CCCCC(NC(=O)C(CCCCN(CC(=O)O)CC(=O)O)N(CC(=O)O)CC(=O)O)C(=O)O)CC(=O)O. The summed E-state index contributed by atoms with van der Waals surface area (Å²) in [6.07, 6.45) is 0.185. The number of hydrogen-bond acceptors (Lipinski definition) is 11. The highest BCUT2D eigenvalue weighted by Crippen LogP contribution is 2.13. The third-order valence-electron chi connectivity index (χ3n) is 5.89. The average Bonchev–Trinajstić information content (AvgIpc) is 2.82. The fraction of sp³-hybridized carbons (Fsp3) is 0.667. The molecule has 8 N–H and O–H groups in total. The lowest BCUT2D eigenvalue weighted by molar-refractivity contribution is -0.147. The Hall–Kier alpha value is -4.36. The van der Waals surface area contributed by atoms with Crippen LogP contribution in [0.15, 0.2) is 0 Å². The minimum atomic E-state index is -1.50. The molecule has 0 aliphatic heterocycles. The van der Waals surface area contributed by atoms with Crippen molar-refractivity contribution < 1.29 is 74.1 Å². The summed E-state index contributed by atoms with van der Waals surface area (Å²) in [5, 5.41) is 66.1. The van der Waals surface area contributed by atoms with E-state index in [9.17, 15) is 53.7 Å². The van der Waals surface area contributed by atoms with Crippen LogP contribution in [0.4, 0.5) is 0 Å². The van der Waals surface area contributed by atoms with E-state index in [1.807, 2.05) is 0 Å². The molecule has 0 aromatic rings. The highest BCUT2D eigenvalue weighted by molar-refractivity contribution is 5.88. The van der Waals surface area contributed by atoms with Crippen molar-refractivity contribution in [3.8, 4) is 0 Å². The van der Waals surface area contributed by atoms with E-state index in [0.29, 0.717) is 0 Å². The van der Waals surface area contributed by atoms with Crippen molar-refractivity contribution in [1.82, 2.24) is 20.0 Å². The van der Waals surface area contributed by atoms with Crippen LogP contribution < -0.4 is 5.32 Å². The molecule has 0 radical (unpaired) electrons. The number of amides is 1. The maximum absolute atomic E-state index is 13.2. The molecular weight excluding hydrogens is 584 g/mol. The normalized spacial score (nSPS) is 12.5. The third kappa shape index (κ3) is 19.4. The summed E-state index contributed by atoms with van der Waals surface area (Å²) in [5.74, 6) is -10.4. The number of rotatable bonds is 26. The van der Waals surface area contributed by atoms with E-state index in [1.165, 1.54) is 0 Å². The maximum Gasteiger partial charge on any atom is 0.326 e. The number of aliphatic carboxylic acids is 7. The molecule has 19 nitrogen and oxygen atoms in total. The van der Waals surface area contributed by atoms with Crippen LogP contribution in [0.1, 0.15) is 38.5 Å². The largest absolute Gasteiger partial charge is 0.480 e. The molecule has 0 saturated carbocycles. The third-order valence-corrected chi connectivity index (χ3v) is 5.89. The molecule has 0 aliphatic carbocycles. The summed E-state index contributed by atoms with van der Waals surface area (Å²) in [7, 11) is 0. The molecule has 0 aliphatic rings. The zero-order chi connectivity index (χ0) is 33.1. The molecule has 244 valence electrons. The van der Waals surface area contributed by atoms with Crippen LogP contribution in [0, 0.1) is 0 Å². The highest BCUT2D eigenvalue weighted by atomic mass is 16.4. The van der Waals surface area contributed by atoms with Gasteiger partial charge in [0.25, 0.3) is 0 Å². The van der Waals surface area contributed by atoms with Crippen molar-refractivity contribution in [3.63, 3.8) is 0 Å². The van der Waals surface area contributed by atoms with Gasteiger partial charge in [-0.15, -0.1) is 0 Å². The van der Waals surface area contributed by atoms with Crippen molar-refractivity contribution in [2.75, 3.05) is 52.4 Å². The summed E-state index contributed by atoms with van der Waals surface area (Å²) >= 11 is 0. The van der Waals surface area contributed by atoms with Gasteiger partial charge in [-0.1, -0.05) is 6.42 Å². The van der Waals surface area contributed by atoms with Crippen molar-refractivity contribution in [2.45, 2.75) is 50.6 Å². The zero-order valence-electron chi connectivity index (χ0n) is 23.3. The van der Waals surface area contributed by atoms with Gasteiger partial charge < -0.3 is 41.1 Å². The van der Waals surface area contributed by atoms with E-state index in [0.717, 1.165) is 14.7 Å². The predicted molar refractivity (Wildman–Crippen MR) is 141 cm³/mol. The average molecular weight is 623 g/mol. The summed E-state index contributed by atoms with van der Waals surface area (Å²) in [4.78, 5) is 94.6. The Labute approximate surface area is 245 Å². The molecule has 43 heavy (non-hydrogen) atoms. The number of nitrogens with one attached hydrogen (secondary N) is 1. The van der Waals surface area contributed by atoms with E-state index in [-0.39, 0.29) is 51.6 Å². The quantitative estimate of drug-likeness (QED) is 0.0469. The van der Waals surface area contributed by atoms with Gasteiger partial charge >= 0.3 is 41.8 Å². The molecule has 19 heteroatoms. The summed E-state index contributed by atoms with van der Waals surface area (Å²) in [6.45, 7) is -4.04. The number of nitrogens with zero attached hydrogens (tertiary/aromatic N) is 3. The van der Waals surface area contributed by atoms with Crippen LogP contribution in [-0.2, 0) is 38.4 Å². The molecule has 0 aromatic heterocycles. The Morgan fingerprint density at radius 3 is 1.16 bits per heavy atom. The summed E-state index contributed by atoms with van der Waals surface area (Å²) in [6, 6.07) is -2.93. The number of hydrogen-bond donors (Lipinski definition) is 8. The van der Waals surface area contributed by atoms with Gasteiger partial charge in [0.05, 0.1) is 45.3 Å². The van der Waals surface area contributed by atoms with E-state index in [2.05, 4.69) is 5.32 Å². The maximum atomic E-state index is 13.2. The van der Waals surface area contributed by atoms with Gasteiger partial charge in [-0.3, -0.25) is 48.3 Å². The Balaban J connectivity index is 5.53. The van der Waals surface area contributed by atoms with Crippen LogP contribution >= 0.6 is 0 Å². The fourth-order valence-electron chi connectivity index (χ4n) is 4.18. The van der Waals surface area contributed by atoms with Crippen LogP contribution in [0.5, 0.6) is 0 Å². The van der Waals surface area contributed by atoms with E-state index in [4.69, 9.17) is 20.4 Å². The van der Waals surface area contributed by atoms with Crippen LogP contribution in [-0.4, -0.2) is 163 Å². The first-order valence-electron chi connectivity index (χ1n) is 13.0. The van der Waals surface area contributed by atoms with E-state index < -0.39 is 99.0 Å². The first-order chi connectivity index (χ1) is 20.0. The van der Waals surface area contributed by atoms with Gasteiger partial charge in [0.2, 0.25) is 5.91 Å². The second-order valence-electron chi connectivity index (χ2n) is 9.60. The zero-order valence-corrected chi connectivity index (χ0v) is 23.3. The molecule has 0 fully saturated rings. The van der Waals surface area contributed by atoms with Crippen LogP contribution in [0.25, 0.3) is 0 Å². The van der Waals surface area contributed by atoms with E-state index >= 15 is 0 Å². The topological polar surface area (TPSA) is 300 Å². The van der Waals surface area contributed by atoms with Crippen LogP contribution in [0.3, 0.4) is 0 Å². The van der Waals surface area contributed by atoms with Gasteiger partial charge in [0.1, 0.15) is 6.04 Å². The molecule has 2 unspecified atom stereocenters. The smallest absolute Gasteiger partial charge is 0.326 e. The van der Waals surface area contributed by atoms with Gasteiger partial charge in [-0.25, -0.2) is 4.79 Å². The van der Waals surface area contributed by atoms with Crippen molar-refractivity contribution in [3.05, 3.63) is 0 Å². The van der Waals surface area contributed by atoms with Gasteiger partial charge in [-0.05, 0) is 45.2 Å². The molecule has 0 spiro atoms. The molecule has 2 atom stereocenters. The lowest BCUT2D eigenvalue weighted by atomic mass is 10.0. The first-order valence-corrected chi connectivity index (χ1v) is 13.0. The Bertz CT molecular complexity index is 957. The molecule has 0 saturated heterocycles. The Morgan fingerprint density at radius 2 is 0.837 bits per heavy atom. The number of carboxylic acids is 7. The van der Waals surface area contributed by atoms with Crippen molar-refractivity contribution >= 4 is 47.7 Å². The van der Waals surface area contributed by atoms with E-state index in [1.54, 1.807) is 0 Å². The fourth-order valence-corrected chi connectivity index (χ4v) is 4.18. The van der Waals surface area contributed by atoms with Gasteiger partial charge in [-0.2, -0.15) is 0 Å². The second kappa shape index (κ2) is 20.5. The Morgan fingerprint density at radius 1 is 0.488 bits per heavy atom. The standard InChI is InChI=1S/C24H38N4O15/c29-17(30)9-26(10-18(31)32)7-3-1-5-15(24(42)43)25-23(41)16(28(13-21(37)38)14-22(39)40)6-2-4-8-27(11-19(33)34)12-20(35)36/h15-16H,1-14H2,(H,25,41)(H,29,30)(H,31,32)(H,33,34)(H,35,36)(H,37,38)(H,39,40)(H,42,43). The predicted octanol–water partition coefficient (Wildman–Crippen LogP) is -2.32. The van der Waals surface area contributed by atoms with Gasteiger partial charge in [0.15, 0.2) is 0 Å². The molecule has 0 rings (SSSR count). The lowest BCUT2D eigenvalue weighted by Crippen LogP contribution is -2.54. The molecule has 0 heterocycles. The summed E-state index contributed by atoms with van der Waals surface area (Å²) in [5.41, 5.74) is 0. The van der Waals surface area contributed by atoms with Crippen LogP contribution in [0.2, 0.25) is 0 Å². The van der Waals surface area contributed by atoms with Crippen molar-refractivity contribution in [2.24, 2.45) is 0 Å². The molecule has 0 bridgehead atoms. The van der Waals surface area contributed by atoms with Gasteiger partial charge in [0, 0.05) is 0 Å². The lowest BCUT2D eigenvalue weighted by Gasteiger charge is -2.29. The number of carboxylic acid groups (broad SMARTS) is 7. The Kier molecular flexibility index (Phi) is 18.4.